The van der Waals surface area contributed by atoms with Crippen molar-refractivity contribution in [3.8, 4) is 0 Å². The predicted molar refractivity (Wildman–Crippen MR) is 71.1 cm³/mol. The maximum Gasteiger partial charge on any atom is 0.328 e. The van der Waals surface area contributed by atoms with Gasteiger partial charge in [0.05, 0.1) is 0 Å². The van der Waals surface area contributed by atoms with E-state index in [9.17, 15) is 4.79 Å². The fraction of sp³-hybridized carbons (Fsp3) is 0.769. The molecule has 1 aliphatic rings. The van der Waals surface area contributed by atoms with E-state index in [1.807, 2.05) is 0 Å². The molecule has 0 radical (unpaired) electrons. The van der Waals surface area contributed by atoms with Crippen molar-refractivity contribution in [2.75, 3.05) is 5.73 Å². The van der Waals surface area contributed by atoms with E-state index in [0.717, 1.165) is 12.8 Å². The van der Waals surface area contributed by atoms with E-state index in [1.165, 1.54) is 17.4 Å². The number of rotatable bonds is 3. The van der Waals surface area contributed by atoms with Crippen LogP contribution in [0.25, 0.3) is 0 Å². The maximum atomic E-state index is 11.9. The molecule has 6 heteroatoms. The minimum Gasteiger partial charge on any atom is -0.461 e. The van der Waals surface area contributed by atoms with Crippen LogP contribution in [0.5, 0.6) is 0 Å². The Hall–Kier alpha value is -1.59. The van der Waals surface area contributed by atoms with Crippen molar-refractivity contribution in [2.24, 2.45) is 11.3 Å². The van der Waals surface area contributed by atoms with E-state index >= 15 is 0 Å². The molecule has 1 aliphatic carbocycles. The molecule has 0 aliphatic heterocycles. The van der Waals surface area contributed by atoms with Gasteiger partial charge in [-0.2, -0.15) is 0 Å². The summed E-state index contributed by atoms with van der Waals surface area (Å²) in [7, 11) is 0. The second-order valence-electron chi connectivity index (χ2n) is 6.33. The van der Waals surface area contributed by atoms with Gasteiger partial charge in [0, 0.05) is 0 Å². The van der Waals surface area contributed by atoms with E-state index in [-0.39, 0.29) is 30.0 Å². The zero-order valence-electron chi connectivity index (χ0n) is 11.8. The number of esters is 1. The number of carbonyl (C=O) groups excluding carboxylic acids is 1. The van der Waals surface area contributed by atoms with Crippen molar-refractivity contribution in [1.82, 2.24) is 14.8 Å². The lowest BCUT2D eigenvalue weighted by molar-refractivity contribution is -0.154. The van der Waals surface area contributed by atoms with Gasteiger partial charge in [-0.1, -0.05) is 20.8 Å². The number of nitrogens with two attached hydrogens (primary N) is 1. The molecule has 0 bridgehead atoms. The molecule has 2 rings (SSSR count). The lowest BCUT2D eigenvalue weighted by Crippen LogP contribution is -2.34. The Labute approximate surface area is 113 Å². The largest absolute Gasteiger partial charge is 0.461 e. The molecule has 2 atom stereocenters. The highest BCUT2D eigenvalue weighted by Gasteiger charge is 2.33. The SMILES string of the molecule is CC1CC(OC(=O)Cn2cnc(N)n2)CC(C)(C)C1. The highest BCUT2D eigenvalue weighted by Crippen LogP contribution is 2.39. The molecule has 1 aromatic heterocycles. The first-order valence-corrected chi connectivity index (χ1v) is 6.68. The Morgan fingerprint density at radius 2 is 2.32 bits per heavy atom. The van der Waals surface area contributed by atoms with Crippen molar-refractivity contribution in [1.29, 1.82) is 0 Å². The average Bonchev–Trinajstić information content (AvgIpc) is 2.59. The first-order valence-electron chi connectivity index (χ1n) is 6.68. The summed E-state index contributed by atoms with van der Waals surface area (Å²) in [5.41, 5.74) is 5.63. The number of hydrogen-bond donors (Lipinski definition) is 1. The Morgan fingerprint density at radius 3 is 2.89 bits per heavy atom. The van der Waals surface area contributed by atoms with Gasteiger partial charge >= 0.3 is 5.97 Å². The lowest BCUT2D eigenvalue weighted by Gasteiger charge is -2.38. The summed E-state index contributed by atoms with van der Waals surface area (Å²) < 4.78 is 6.94. The highest BCUT2D eigenvalue weighted by atomic mass is 16.5. The van der Waals surface area contributed by atoms with Gasteiger partial charge < -0.3 is 10.5 Å². The molecule has 19 heavy (non-hydrogen) atoms. The highest BCUT2D eigenvalue weighted by molar-refractivity contribution is 5.69. The quantitative estimate of drug-likeness (QED) is 0.840. The molecule has 106 valence electrons. The van der Waals surface area contributed by atoms with Gasteiger partial charge in [0.2, 0.25) is 5.95 Å². The number of nitrogen functional groups attached to an aromatic ring is 1. The number of nitrogens with zero attached hydrogens (tertiary/aromatic N) is 3. The zero-order chi connectivity index (χ0) is 14.0. The van der Waals surface area contributed by atoms with Gasteiger partial charge in [-0.05, 0) is 30.6 Å². The van der Waals surface area contributed by atoms with Crippen LogP contribution in [0.2, 0.25) is 0 Å². The van der Waals surface area contributed by atoms with Crippen LogP contribution in [0.4, 0.5) is 5.95 Å². The standard InChI is InChI=1S/C13H22N4O2/c1-9-4-10(6-13(2,3)5-9)19-11(18)7-17-8-15-12(14)16-17/h8-10H,4-7H2,1-3H3,(H2,14,16). The molecule has 6 nitrogen and oxygen atoms in total. The molecule has 0 amide bonds. The Kier molecular flexibility index (Phi) is 3.78. The second kappa shape index (κ2) is 5.19. The molecule has 1 aromatic rings. The summed E-state index contributed by atoms with van der Waals surface area (Å²) in [6, 6.07) is 0. The summed E-state index contributed by atoms with van der Waals surface area (Å²) >= 11 is 0. The van der Waals surface area contributed by atoms with E-state index in [0.29, 0.717) is 5.92 Å². The van der Waals surface area contributed by atoms with Crippen molar-refractivity contribution < 1.29 is 9.53 Å². The average molecular weight is 266 g/mol. The normalized spacial score (nSPS) is 26.1. The predicted octanol–water partition coefficient (Wildman–Crippen LogP) is 1.62. The van der Waals surface area contributed by atoms with Crippen LogP contribution in [-0.2, 0) is 16.1 Å². The van der Waals surface area contributed by atoms with Crippen LogP contribution in [-0.4, -0.2) is 26.8 Å². The van der Waals surface area contributed by atoms with E-state index < -0.39 is 0 Å². The van der Waals surface area contributed by atoms with E-state index in [2.05, 4.69) is 30.9 Å². The van der Waals surface area contributed by atoms with Gasteiger partial charge in [-0.25, -0.2) is 9.67 Å². The molecule has 2 unspecified atom stereocenters. The summed E-state index contributed by atoms with van der Waals surface area (Å²) in [6.45, 7) is 6.72. The summed E-state index contributed by atoms with van der Waals surface area (Å²) in [6.07, 6.45) is 4.48. The monoisotopic (exact) mass is 266 g/mol. The van der Waals surface area contributed by atoms with Crippen LogP contribution in [0.3, 0.4) is 0 Å². The van der Waals surface area contributed by atoms with E-state index in [4.69, 9.17) is 10.5 Å². The molecular weight excluding hydrogens is 244 g/mol. The van der Waals surface area contributed by atoms with Crippen LogP contribution in [0.15, 0.2) is 6.33 Å². The van der Waals surface area contributed by atoms with E-state index in [1.54, 1.807) is 0 Å². The smallest absolute Gasteiger partial charge is 0.328 e. The molecular formula is C13H22N4O2. The Balaban J connectivity index is 1.88. The Morgan fingerprint density at radius 1 is 1.58 bits per heavy atom. The van der Waals surface area contributed by atoms with Crippen LogP contribution < -0.4 is 5.73 Å². The fourth-order valence-electron chi connectivity index (χ4n) is 3.09. The zero-order valence-corrected chi connectivity index (χ0v) is 11.8. The fourth-order valence-corrected chi connectivity index (χ4v) is 3.09. The molecule has 0 saturated heterocycles. The number of carbonyl (C=O) groups is 1. The molecule has 2 N–H and O–H groups in total. The maximum absolute atomic E-state index is 11.9. The van der Waals surface area contributed by atoms with Gasteiger partial charge in [0.15, 0.2) is 0 Å². The third kappa shape index (κ3) is 3.94. The first kappa shape index (κ1) is 13.8. The van der Waals surface area contributed by atoms with Gasteiger partial charge in [-0.3, -0.25) is 4.79 Å². The topological polar surface area (TPSA) is 83.0 Å². The molecule has 0 aromatic carbocycles. The molecule has 1 saturated carbocycles. The number of hydrogen-bond acceptors (Lipinski definition) is 5. The third-order valence-electron chi connectivity index (χ3n) is 3.49. The number of anilines is 1. The second-order valence-corrected chi connectivity index (χ2v) is 6.33. The van der Waals surface area contributed by atoms with Crippen LogP contribution in [0.1, 0.15) is 40.0 Å². The van der Waals surface area contributed by atoms with Crippen molar-refractivity contribution in [3.63, 3.8) is 0 Å². The third-order valence-corrected chi connectivity index (χ3v) is 3.49. The van der Waals surface area contributed by atoms with Gasteiger partial charge in [-0.15, -0.1) is 5.10 Å². The molecule has 0 spiro atoms. The van der Waals surface area contributed by atoms with Crippen LogP contribution >= 0.6 is 0 Å². The molecule has 1 heterocycles. The number of ether oxygens (including phenoxy) is 1. The minimum atomic E-state index is -0.278. The lowest BCUT2D eigenvalue weighted by atomic mass is 9.71. The molecule has 1 fully saturated rings. The summed E-state index contributed by atoms with van der Waals surface area (Å²) in [4.78, 5) is 15.6. The van der Waals surface area contributed by atoms with Crippen molar-refractivity contribution in [3.05, 3.63) is 6.33 Å². The van der Waals surface area contributed by atoms with Gasteiger partial charge in [0.25, 0.3) is 0 Å². The van der Waals surface area contributed by atoms with Crippen molar-refractivity contribution in [2.45, 2.75) is 52.7 Å². The summed E-state index contributed by atoms with van der Waals surface area (Å²) in [5.74, 6) is 0.476. The van der Waals surface area contributed by atoms with Crippen LogP contribution in [0, 0.1) is 11.3 Å². The van der Waals surface area contributed by atoms with Gasteiger partial charge in [0.1, 0.15) is 19.0 Å². The summed E-state index contributed by atoms with van der Waals surface area (Å²) in [5, 5.41) is 3.87. The number of aromatic nitrogens is 3. The Bertz CT molecular complexity index is 455. The first-order chi connectivity index (χ1) is 8.84. The minimum absolute atomic E-state index is 0.00659. The van der Waals surface area contributed by atoms with Crippen molar-refractivity contribution >= 4 is 11.9 Å².